The molecule has 0 fully saturated rings. The normalized spacial score (nSPS) is 10.5. The third-order valence-electron chi connectivity index (χ3n) is 3.14. The van der Waals surface area contributed by atoms with Gasteiger partial charge in [0.2, 0.25) is 0 Å². The molecule has 0 bridgehead atoms. The predicted octanol–water partition coefficient (Wildman–Crippen LogP) is 5.85. The van der Waals surface area contributed by atoms with Gasteiger partial charge in [-0.15, -0.1) is 0 Å². The average Bonchev–Trinajstić information content (AvgIpc) is 2.90. The summed E-state index contributed by atoms with van der Waals surface area (Å²) in [5.41, 5.74) is 2.53. The second-order valence-corrected chi connectivity index (χ2v) is 11.1. The molecule has 0 unspecified atom stereocenters. The number of imidazole rings is 1. The molecular formula is C17H16BrI2N3Pt. The van der Waals surface area contributed by atoms with E-state index in [1.165, 1.54) is 15.1 Å². The summed E-state index contributed by atoms with van der Waals surface area (Å²) in [6.45, 7) is 0.981. The molecule has 3 aromatic rings. The van der Waals surface area contributed by atoms with Gasteiger partial charge >= 0.3 is 87.8 Å². The van der Waals surface area contributed by atoms with E-state index in [1.807, 2.05) is 25.2 Å². The van der Waals surface area contributed by atoms with Crippen molar-refractivity contribution in [2.75, 3.05) is 0 Å². The summed E-state index contributed by atoms with van der Waals surface area (Å²) in [5.74, 6) is 0. The van der Waals surface area contributed by atoms with Gasteiger partial charge in [0.1, 0.15) is 0 Å². The molecule has 24 heavy (non-hydrogen) atoms. The van der Waals surface area contributed by atoms with Crippen LogP contribution in [-0.4, -0.2) is 10.5 Å². The van der Waals surface area contributed by atoms with Crippen molar-refractivity contribution in [3.63, 3.8) is 0 Å². The van der Waals surface area contributed by atoms with Crippen LogP contribution in [0.1, 0.15) is 5.56 Å². The van der Waals surface area contributed by atoms with Gasteiger partial charge in [0.15, 0.2) is 0 Å². The van der Waals surface area contributed by atoms with Gasteiger partial charge in [-0.1, -0.05) is 28.1 Å². The molecule has 0 amide bonds. The summed E-state index contributed by atoms with van der Waals surface area (Å²) in [4.78, 5) is 0. The first-order chi connectivity index (χ1) is 11.5. The molecule has 0 atom stereocenters. The van der Waals surface area contributed by atoms with E-state index in [-0.39, 0.29) is 0 Å². The van der Waals surface area contributed by atoms with Crippen LogP contribution in [0, 0.1) is 3.80 Å². The molecule has 0 saturated carbocycles. The molecule has 0 radical (unpaired) electrons. The fraction of sp³-hybridized carbons (Fsp3) is 0.118. The molecule has 0 N–H and O–H groups in total. The first-order valence-corrected chi connectivity index (χ1v) is 10.9. The molecule has 1 heterocycles. The molecule has 3 nitrogen and oxygen atoms in total. The van der Waals surface area contributed by atoms with E-state index in [4.69, 9.17) is 0 Å². The van der Waals surface area contributed by atoms with E-state index in [0.717, 1.165) is 11.0 Å². The van der Waals surface area contributed by atoms with Crippen molar-refractivity contribution in [1.82, 2.24) is 10.5 Å². The van der Waals surface area contributed by atoms with Gasteiger partial charge in [0.25, 0.3) is 0 Å². The molecule has 0 aliphatic rings. The van der Waals surface area contributed by atoms with Gasteiger partial charge in [0.05, 0.1) is 0 Å². The van der Waals surface area contributed by atoms with E-state index in [9.17, 15) is 0 Å². The fourth-order valence-electron chi connectivity index (χ4n) is 1.95. The molecule has 1 aromatic heterocycles. The third kappa shape index (κ3) is 6.52. The Kier molecular flexibility index (Phi) is 8.91. The van der Waals surface area contributed by atoms with E-state index in [1.54, 1.807) is 0 Å². The van der Waals surface area contributed by atoms with E-state index in [2.05, 4.69) is 140 Å². The number of hydrogen-bond donors (Lipinski definition) is 0. The third-order valence-corrected chi connectivity index (χ3v) is 5.70. The van der Waals surface area contributed by atoms with Crippen molar-refractivity contribution < 1.29 is 19.4 Å². The fourth-order valence-corrected chi connectivity index (χ4v) is 3.64. The van der Waals surface area contributed by atoms with Crippen molar-refractivity contribution in [2.45, 2.75) is 6.54 Å². The van der Waals surface area contributed by atoms with Crippen LogP contribution in [0.15, 0.2) is 71.5 Å². The molecule has 0 aliphatic heterocycles. The molecule has 3 rings (SSSR count). The van der Waals surface area contributed by atoms with E-state index < -0.39 is 0 Å². The first-order valence-electron chi connectivity index (χ1n) is 7.05. The van der Waals surface area contributed by atoms with Crippen LogP contribution >= 0.6 is 61.7 Å². The Balaban J connectivity index is 0.000000177. The van der Waals surface area contributed by atoms with Crippen LogP contribution in [0.2, 0.25) is 0 Å². The van der Waals surface area contributed by atoms with E-state index >= 15 is 0 Å². The van der Waals surface area contributed by atoms with Crippen LogP contribution in [0.4, 0.5) is 0 Å². The van der Waals surface area contributed by atoms with Gasteiger partial charge in [-0.25, -0.2) is 0 Å². The number of hydrogen-bond acceptors (Lipinski definition) is 1. The van der Waals surface area contributed by atoms with Gasteiger partial charge in [-0.3, -0.25) is 0 Å². The van der Waals surface area contributed by atoms with Crippen molar-refractivity contribution in [1.29, 1.82) is 0 Å². The Labute approximate surface area is 189 Å². The van der Waals surface area contributed by atoms with Crippen LogP contribution in [0.3, 0.4) is 0 Å². The zero-order valence-electron chi connectivity index (χ0n) is 12.8. The van der Waals surface area contributed by atoms with Gasteiger partial charge in [0, 0.05) is 56.7 Å². The maximum atomic E-state index is 3.39. The molecular weight excluding hydrogens is 775 g/mol. The molecule has 0 spiro atoms. The average molecular weight is 791 g/mol. The number of para-hydroxylation sites is 1. The predicted molar refractivity (Wildman–Crippen MR) is 116 cm³/mol. The number of aryl methyl sites for hydroxylation is 1. The van der Waals surface area contributed by atoms with Crippen LogP contribution in [0.5, 0.6) is 0 Å². The second-order valence-electron chi connectivity index (χ2n) is 4.94. The Morgan fingerprint density at radius 3 is 2.12 bits per heavy atom. The molecule has 2 aromatic carbocycles. The summed E-state index contributed by atoms with van der Waals surface area (Å²) in [5, 5.41) is 0. The minimum atomic E-state index is 0.981. The zero-order chi connectivity index (χ0) is 17.5. The quantitative estimate of drug-likeness (QED) is 0.240. The molecule has 7 heteroatoms. The summed E-state index contributed by atoms with van der Waals surface area (Å²) >= 11 is 10.2. The van der Waals surface area contributed by atoms with Crippen molar-refractivity contribution in [3.8, 4) is 5.69 Å². The van der Waals surface area contributed by atoms with Crippen molar-refractivity contribution in [2.24, 2.45) is 7.05 Å². The van der Waals surface area contributed by atoms with Crippen molar-refractivity contribution in [3.05, 3.63) is 80.8 Å². The monoisotopic (exact) mass is 790 g/mol. The molecule has 0 aliphatic carbocycles. The van der Waals surface area contributed by atoms with E-state index in [0.29, 0.717) is 0 Å². The Morgan fingerprint density at radius 1 is 1.00 bits per heavy atom. The number of rotatable bonds is 3. The Bertz CT molecular complexity index is 814. The molecule has 0 saturated heterocycles. The summed E-state index contributed by atoms with van der Waals surface area (Å²) in [6.07, 6.45) is 4.12. The number of nitrogens with zero attached hydrogens (tertiary/aromatic N) is 3. The van der Waals surface area contributed by atoms with Crippen LogP contribution in [-0.2, 0) is 32.9 Å². The molecule has 130 valence electrons. The topological polar surface area (TPSA) is 13.1 Å². The number of aromatic nitrogens is 2. The Morgan fingerprint density at radius 2 is 1.62 bits per heavy atom. The van der Waals surface area contributed by atoms with Gasteiger partial charge in [-0.2, -0.15) is 1.33 Å². The summed E-state index contributed by atoms with van der Waals surface area (Å²) < 4.78 is 8.68. The summed E-state index contributed by atoms with van der Waals surface area (Å²) in [7, 11) is 2.04. The summed E-state index contributed by atoms with van der Waals surface area (Å²) in [6, 6.07) is 18.7. The van der Waals surface area contributed by atoms with Crippen LogP contribution < -0.4 is 0 Å². The SMILES string of the molecule is Brc1ccc(CN(I)I)cc1.Cn1ccn(-c2ccccc2)[c]1=[Pt]. The first kappa shape index (κ1) is 20.5. The maximum absolute atomic E-state index is 3.39. The Hall–Kier alpha value is 0.238. The minimum absolute atomic E-state index is 0.981. The number of benzene rings is 2. The van der Waals surface area contributed by atoms with Gasteiger partial charge in [-0.05, 0) is 17.7 Å². The van der Waals surface area contributed by atoms with Crippen LogP contribution in [0.25, 0.3) is 5.69 Å². The standard InChI is InChI=1S/C10H10N2.C7H6BrI2N.Pt/c1-11-7-8-12(9-11)10-5-3-2-4-6-10;8-7-3-1-6(2-4-7)5-11(9)10;/h2-8H,1H3;1-4H,5H2;. The van der Waals surface area contributed by atoms with Gasteiger partial charge < -0.3 is 0 Å². The number of halogens is 3. The zero-order valence-corrected chi connectivity index (χ0v) is 21.0. The van der Waals surface area contributed by atoms with Crippen molar-refractivity contribution >= 4 is 61.7 Å². The second kappa shape index (κ2) is 10.4.